The molecular formula is C29H46N6O6. The van der Waals surface area contributed by atoms with Gasteiger partial charge in [0.15, 0.2) is 0 Å². The monoisotopic (exact) mass is 574 g/mol. The molecule has 3 saturated heterocycles. The van der Waals surface area contributed by atoms with Gasteiger partial charge in [-0.1, -0.05) is 6.42 Å². The van der Waals surface area contributed by atoms with Crippen molar-refractivity contribution in [1.82, 2.24) is 24.6 Å². The Kier molecular flexibility index (Phi) is 10.7. The average molecular weight is 575 g/mol. The molecule has 0 aromatic carbocycles. The number of methoxy groups -OCH3 is 1. The van der Waals surface area contributed by atoms with E-state index >= 15 is 0 Å². The highest BCUT2D eigenvalue weighted by Crippen LogP contribution is 2.31. The molecule has 3 aliphatic heterocycles. The van der Waals surface area contributed by atoms with Crippen LogP contribution in [0.2, 0.25) is 0 Å². The largest absolute Gasteiger partial charge is 0.465 e. The van der Waals surface area contributed by atoms with Crippen molar-refractivity contribution >= 4 is 24.0 Å². The van der Waals surface area contributed by atoms with Crippen LogP contribution in [0.15, 0.2) is 18.3 Å². The van der Waals surface area contributed by atoms with Gasteiger partial charge in [-0.25, -0.2) is 19.4 Å². The highest BCUT2D eigenvalue weighted by atomic mass is 16.5. The molecular weight excluding hydrogens is 528 g/mol. The lowest BCUT2D eigenvalue weighted by Gasteiger charge is -2.47. The van der Waals surface area contributed by atoms with Crippen LogP contribution in [-0.2, 0) is 4.74 Å². The second kappa shape index (κ2) is 14.2. The number of amides is 2. The number of hydrogen-bond acceptors (Lipinski definition) is 8. The Bertz CT molecular complexity index is 1040. The molecule has 1 aromatic rings. The highest BCUT2D eigenvalue weighted by Gasteiger charge is 2.38. The number of carbonyl (C=O) groups excluding carboxylic acids is 1. The topological polar surface area (TPSA) is 130 Å². The number of carboxylic acid groups (broad SMARTS) is 2. The summed E-state index contributed by atoms with van der Waals surface area (Å²) in [6, 6.07) is 4.65. The number of piperidine rings is 1. The summed E-state index contributed by atoms with van der Waals surface area (Å²) in [7, 11) is 1.37. The lowest BCUT2D eigenvalue weighted by Crippen LogP contribution is -2.60. The molecule has 1 unspecified atom stereocenters. The number of esters is 1. The summed E-state index contributed by atoms with van der Waals surface area (Å²) < 4.78 is 4.88. The fourth-order valence-corrected chi connectivity index (χ4v) is 6.39. The maximum absolute atomic E-state index is 12.0. The normalized spacial score (nSPS) is 23.0. The third-order valence-corrected chi connectivity index (χ3v) is 9.18. The van der Waals surface area contributed by atoms with Crippen LogP contribution in [0.3, 0.4) is 0 Å². The molecule has 12 nitrogen and oxygen atoms in total. The molecule has 4 aliphatic rings. The maximum atomic E-state index is 12.0. The Balaban J connectivity index is 0.000000247. The fourth-order valence-electron chi connectivity index (χ4n) is 6.39. The highest BCUT2D eigenvalue weighted by molar-refractivity contribution is 5.94. The first-order valence-corrected chi connectivity index (χ1v) is 14.9. The summed E-state index contributed by atoms with van der Waals surface area (Å²) in [6.45, 7) is 11.2. The molecule has 5 rings (SSSR count). The van der Waals surface area contributed by atoms with Crippen LogP contribution in [0.1, 0.15) is 56.3 Å². The predicted octanol–water partition coefficient (Wildman–Crippen LogP) is 2.99. The van der Waals surface area contributed by atoms with E-state index < -0.39 is 12.2 Å². The number of rotatable bonds is 5. The second-order valence-electron chi connectivity index (χ2n) is 11.7. The molecule has 4 heterocycles. The van der Waals surface area contributed by atoms with E-state index in [1.165, 1.54) is 31.3 Å². The zero-order chi connectivity index (χ0) is 29.5. The number of ether oxygens (including phenoxy) is 1. The van der Waals surface area contributed by atoms with Crippen molar-refractivity contribution in [2.45, 2.75) is 64.1 Å². The number of aromatic nitrogens is 1. The fraction of sp³-hybridized carbons (Fsp3) is 0.724. The van der Waals surface area contributed by atoms with Crippen LogP contribution in [0.5, 0.6) is 0 Å². The molecule has 1 aromatic heterocycles. The van der Waals surface area contributed by atoms with Gasteiger partial charge in [-0.3, -0.25) is 9.80 Å². The van der Waals surface area contributed by atoms with E-state index in [2.05, 4.69) is 33.5 Å². The van der Waals surface area contributed by atoms with Gasteiger partial charge < -0.3 is 29.6 Å². The van der Waals surface area contributed by atoms with Crippen LogP contribution >= 0.6 is 0 Å². The van der Waals surface area contributed by atoms with Crippen LogP contribution < -0.4 is 4.90 Å². The standard InChI is InChI=1S/C20H30N4O4.C9H16N2O2/c1-14(2)23-11-12-24(20(26)27)17(13-23)15-6-9-22(10-7-15)18-16(19(25)28-3)5-4-8-21-18;12-9(13)11-6-4-10(5-7-11)8-2-1-3-8/h4-5,8,14-15,17H,6-7,9-13H2,1-3H3,(H,26,27);8H,1-7H2,(H,12,13). The average Bonchev–Trinajstić information content (AvgIpc) is 2.96. The maximum Gasteiger partial charge on any atom is 0.407 e. The van der Waals surface area contributed by atoms with Crippen molar-refractivity contribution in [2.24, 2.45) is 5.92 Å². The summed E-state index contributed by atoms with van der Waals surface area (Å²) in [5, 5.41) is 18.4. The van der Waals surface area contributed by atoms with Crippen molar-refractivity contribution < 1.29 is 29.3 Å². The molecule has 2 N–H and O–H groups in total. The van der Waals surface area contributed by atoms with E-state index in [9.17, 15) is 19.5 Å². The molecule has 1 saturated carbocycles. The molecule has 228 valence electrons. The number of anilines is 1. The third kappa shape index (κ3) is 7.59. The van der Waals surface area contributed by atoms with E-state index in [4.69, 9.17) is 9.84 Å². The van der Waals surface area contributed by atoms with Gasteiger partial charge in [0.2, 0.25) is 0 Å². The molecule has 12 heteroatoms. The minimum atomic E-state index is -0.825. The molecule has 2 amide bonds. The predicted molar refractivity (Wildman–Crippen MR) is 155 cm³/mol. The minimum Gasteiger partial charge on any atom is -0.465 e. The lowest BCUT2D eigenvalue weighted by molar-refractivity contribution is 0.0257. The Morgan fingerprint density at radius 1 is 0.927 bits per heavy atom. The zero-order valence-electron chi connectivity index (χ0n) is 24.7. The van der Waals surface area contributed by atoms with Gasteiger partial charge in [0, 0.05) is 77.2 Å². The van der Waals surface area contributed by atoms with Crippen molar-refractivity contribution in [2.75, 3.05) is 70.9 Å². The summed E-state index contributed by atoms with van der Waals surface area (Å²) in [6.07, 6.45) is 5.81. The van der Waals surface area contributed by atoms with Gasteiger partial charge in [0.25, 0.3) is 0 Å². The van der Waals surface area contributed by atoms with Crippen molar-refractivity contribution in [1.29, 1.82) is 0 Å². The number of pyridine rings is 1. The number of hydrogen-bond donors (Lipinski definition) is 2. The molecule has 41 heavy (non-hydrogen) atoms. The summed E-state index contributed by atoms with van der Waals surface area (Å²) in [5.41, 5.74) is 0.472. The Morgan fingerprint density at radius 2 is 1.61 bits per heavy atom. The molecule has 1 atom stereocenters. The molecule has 0 bridgehead atoms. The van der Waals surface area contributed by atoms with Crippen LogP contribution in [-0.4, -0.2) is 137 Å². The second-order valence-corrected chi connectivity index (χ2v) is 11.7. The van der Waals surface area contributed by atoms with E-state index in [1.54, 1.807) is 23.2 Å². The number of nitrogens with zero attached hydrogens (tertiary/aromatic N) is 6. The zero-order valence-corrected chi connectivity index (χ0v) is 24.7. The smallest absolute Gasteiger partial charge is 0.407 e. The molecule has 0 spiro atoms. The minimum absolute atomic E-state index is 0.0135. The van der Waals surface area contributed by atoms with Crippen LogP contribution in [0.4, 0.5) is 15.4 Å². The van der Waals surface area contributed by atoms with Gasteiger partial charge in [0.1, 0.15) is 11.4 Å². The first kappa shape index (κ1) is 30.8. The van der Waals surface area contributed by atoms with Crippen molar-refractivity contribution in [3.05, 3.63) is 23.9 Å². The number of piperazine rings is 2. The van der Waals surface area contributed by atoms with Gasteiger partial charge in [-0.15, -0.1) is 0 Å². The SMILES string of the molecule is COC(=O)c1cccnc1N1CCC(C2CN(C(C)C)CCN2C(=O)O)CC1.O=C(O)N1CCN(C2CCC2)CC1. The molecule has 1 aliphatic carbocycles. The van der Waals surface area contributed by atoms with Crippen LogP contribution in [0.25, 0.3) is 0 Å². The van der Waals surface area contributed by atoms with E-state index in [1.807, 2.05) is 0 Å². The van der Waals surface area contributed by atoms with Crippen molar-refractivity contribution in [3.63, 3.8) is 0 Å². The van der Waals surface area contributed by atoms with E-state index in [-0.39, 0.29) is 12.0 Å². The Labute approximate surface area is 242 Å². The quantitative estimate of drug-likeness (QED) is 0.506. The van der Waals surface area contributed by atoms with E-state index in [0.717, 1.165) is 58.2 Å². The summed E-state index contributed by atoms with van der Waals surface area (Å²) in [5.74, 6) is 0.566. The van der Waals surface area contributed by atoms with Gasteiger partial charge in [0.05, 0.1) is 13.2 Å². The third-order valence-electron chi connectivity index (χ3n) is 9.18. The first-order valence-electron chi connectivity index (χ1n) is 14.9. The Morgan fingerprint density at radius 3 is 2.15 bits per heavy atom. The molecule has 0 radical (unpaired) electrons. The van der Waals surface area contributed by atoms with Gasteiger partial charge >= 0.3 is 18.2 Å². The van der Waals surface area contributed by atoms with Crippen LogP contribution in [0, 0.1) is 5.92 Å². The number of carbonyl (C=O) groups is 3. The van der Waals surface area contributed by atoms with E-state index in [0.29, 0.717) is 43.0 Å². The summed E-state index contributed by atoms with van der Waals surface area (Å²) >= 11 is 0. The first-order chi connectivity index (χ1) is 19.7. The Hall–Kier alpha value is -3.12. The summed E-state index contributed by atoms with van der Waals surface area (Å²) in [4.78, 5) is 48.9. The molecule has 4 fully saturated rings. The van der Waals surface area contributed by atoms with Gasteiger partial charge in [-0.05, 0) is 57.6 Å². The van der Waals surface area contributed by atoms with Gasteiger partial charge in [-0.2, -0.15) is 0 Å². The van der Waals surface area contributed by atoms with Crippen molar-refractivity contribution in [3.8, 4) is 0 Å². The lowest BCUT2D eigenvalue weighted by atomic mass is 9.86.